The van der Waals surface area contributed by atoms with Crippen molar-refractivity contribution in [2.75, 3.05) is 18.8 Å². The number of allylic oxidation sites excluding steroid dienone is 1. The first-order valence-electron chi connectivity index (χ1n) is 12.0. The number of aromatic nitrogens is 6. The number of hydrogen-bond acceptors (Lipinski definition) is 6. The minimum Gasteiger partial charge on any atom is -0.342 e. The normalized spacial score (nSPS) is 14.7. The molecule has 0 saturated carbocycles. The van der Waals surface area contributed by atoms with E-state index < -0.39 is 0 Å². The molecule has 1 fully saturated rings. The summed E-state index contributed by atoms with van der Waals surface area (Å²) in [6.45, 7) is 5.48. The second kappa shape index (κ2) is 9.27. The van der Waals surface area contributed by atoms with E-state index in [-0.39, 0.29) is 17.2 Å². The standard InChI is InChI=1S/C26H25N7O2S/c1-2-13-32-24(35)18-7-3-6-10-21(18)33-25(32)29-30-26(33)36-16-22(34)31-14-11-17(12-15-31)23-27-19-8-4-5-9-20(19)28-23/h2-10,17H,1,11-16H2,(H,27,28). The molecule has 1 amide bonds. The first-order chi connectivity index (χ1) is 17.6. The Bertz CT molecular complexity index is 1630. The highest BCUT2D eigenvalue weighted by Crippen LogP contribution is 2.29. The van der Waals surface area contributed by atoms with Gasteiger partial charge >= 0.3 is 0 Å². The Labute approximate surface area is 210 Å². The number of imidazole rings is 1. The highest BCUT2D eigenvalue weighted by Gasteiger charge is 2.26. The van der Waals surface area contributed by atoms with Gasteiger partial charge < -0.3 is 9.88 Å². The van der Waals surface area contributed by atoms with Crippen molar-refractivity contribution >= 4 is 45.4 Å². The van der Waals surface area contributed by atoms with Gasteiger partial charge in [-0.05, 0) is 37.1 Å². The van der Waals surface area contributed by atoms with Crippen LogP contribution in [0.15, 0.2) is 71.1 Å². The lowest BCUT2D eigenvalue weighted by Gasteiger charge is -2.31. The summed E-state index contributed by atoms with van der Waals surface area (Å²) in [5, 5.41) is 9.75. The van der Waals surface area contributed by atoms with Crippen LogP contribution in [0.4, 0.5) is 0 Å². The fourth-order valence-electron chi connectivity index (χ4n) is 4.91. The van der Waals surface area contributed by atoms with Crippen LogP contribution in [0.3, 0.4) is 0 Å². The van der Waals surface area contributed by atoms with Crippen LogP contribution in [0.25, 0.3) is 27.7 Å². The second-order valence-corrected chi connectivity index (χ2v) is 9.86. The van der Waals surface area contributed by atoms with Crippen molar-refractivity contribution in [3.8, 4) is 0 Å². The molecule has 4 heterocycles. The zero-order chi connectivity index (χ0) is 24.6. The quantitative estimate of drug-likeness (QED) is 0.283. The number of likely N-dealkylation sites (tertiary alicyclic amines) is 1. The van der Waals surface area contributed by atoms with Crippen LogP contribution in [0.5, 0.6) is 0 Å². The third-order valence-electron chi connectivity index (χ3n) is 6.76. The van der Waals surface area contributed by atoms with E-state index in [9.17, 15) is 9.59 Å². The van der Waals surface area contributed by atoms with E-state index in [0.29, 0.717) is 41.9 Å². The van der Waals surface area contributed by atoms with E-state index in [1.807, 2.05) is 51.8 Å². The van der Waals surface area contributed by atoms with Crippen molar-refractivity contribution in [2.45, 2.75) is 30.5 Å². The zero-order valence-electron chi connectivity index (χ0n) is 19.6. The van der Waals surface area contributed by atoms with Crippen molar-refractivity contribution in [3.05, 3.63) is 77.4 Å². The molecule has 0 unspecified atom stereocenters. The Balaban J connectivity index is 1.17. The number of H-pyrrole nitrogens is 1. The first-order valence-corrected chi connectivity index (χ1v) is 13.0. The van der Waals surface area contributed by atoms with Crippen molar-refractivity contribution < 1.29 is 4.79 Å². The summed E-state index contributed by atoms with van der Waals surface area (Å²) in [6, 6.07) is 15.4. The highest BCUT2D eigenvalue weighted by molar-refractivity contribution is 7.99. The van der Waals surface area contributed by atoms with Gasteiger partial charge in [0.15, 0.2) is 5.16 Å². The summed E-state index contributed by atoms with van der Waals surface area (Å²) < 4.78 is 3.41. The van der Waals surface area contributed by atoms with Crippen molar-refractivity contribution in [2.24, 2.45) is 0 Å². The van der Waals surface area contributed by atoms with E-state index in [1.165, 1.54) is 11.8 Å². The summed E-state index contributed by atoms with van der Waals surface area (Å²) in [7, 11) is 0. The number of rotatable bonds is 6. The number of carbonyl (C=O) groups excluding carboxylic acids is 1. The molecule has 1 saturated heterocycles. The molecule has 0 aliphatic carbocycles. The van der Waals surface area contributed by atoms with E-state index in [2.05, 4.69) is 21.8 Å². The first kappa shape index (κ1) is 22.5. The number of nitrogens with zero attached hydrogens (tertiary/aromatic N) is 6. The lowest BCUT2D eigenvalue weighted by molar-refractivity contribution is -0.129. The molecular formula is C26H25N7O2S. The zero-order valence-corrected chi connectivity index (χ0v) is 20.4. The number of para-hydroxylation sites is 3. The van der Waals surface area contributed by atoms with Crippen LogP contribution in [0, 0.1) is 0 Å². The smallest absolute Gasteiger partial charge is 0.263 e. The molecule has 2 aromatic carbocycles. The van der Waals surface area contributed by atoms with Crippen LogP contribution < -0.4 is 5.56 Å². The third-order valence-corrected chi connectivity index (χ3v) is 7.67. The molecule has 1 aliphatic heterocycles. The number of amides is 1. The van der Waals surface area contributed by atoms with Crippen LogP contribution in [-0.2, 0) is 11.3 Å². The molecule has 182 valence electrons. The maximum Gasteiger partial charge on any atom is 0.263 e. The molecule has 0 bridgehead atoms. The number of hydrogen-bond donors (Lipinski definition) is 1. The molecular weight excluding hydrogens is 474 g/mol. The van der Waals surface area contributed by atoms with E-state index in [1.54, 1.807) is 16.7 Å². The average Bonchev–Trinajstić information content (AvgIpc) is 3.54. The summed E-state index contributed by atoms with van der Waals surface area (Å²) in [4.78, 5) is 36.1. The van der Waals surface area contributed by atoms with Gasteiger partial charge in [0.05, 0.1) is 27.7 Å². The highest BCUT2D eigenvalue weighted by atomic mass is 32.2. The second-order valence-electron chi connectivity index (χ2n) is 8.92. The third kappa shape index (κ3) is 3.87. The van der Waals surface area contributed by atoms with E-state index in [4.69, 9.17) is 4.98 Å². The van der Waals surface area contributed by atoms with Gasteiger partial charge in [0.2, 0.25) is 11.7 Å². The molecule has 10 heteroatoms. The molecule has 1 aliphatic rings. The predicted octanol–water partition coefficient (Wildman–Crippen LogP) is 3.60. The number of nitrogens with one attached hydrogen (secondary N) is 1. The van der Waals surface area contributed by atoms with Crippen LogP contribution >= 0.6 is 11.8 Å². The van der Waals surface area contributed by atoms with Gasteiger partial charge in [0, 0.05) is 25.6 Å². The molecule has 36 heavy (non-hydrogen) atoms. The number of thioether (sulfide) groups is 1. The molecule has 5 aromatic rings. The van der Waals surface area contributed by atoms with Gasteiger partial charge in [-0.25, -0.2) is 4.98 Å². The Morgan fingerprint density at radius 2 is 1.89 bits per heavy atom. The van der Waals surface area contributed by atoms with Crippen molar-refractivity contribution in [1.82, 2.24) is 34.0 Å². The maximum atomic E-state index is 13.1. The predicted molar refractivity (Wildman–Crippen MR) is 140 cm³/mol. The SMILES string of the molecule is C=CCn1c(=O)c2ccccc2n2c(SCC(=O)N3CCC(c4nc5ccccc5[nH]4)CC3)nnc12. The van der Waals surface area contributed by atoms with Gasteiger partial charge in [-0.15, -0.1) is 16.8 Å². The van der Waals surface area contributed by atoms with Gasteiger partial charge in [-0.2, -0.15) is 0 Å². The number of fused-ring (bicyclic) bond motifs is 4. The number of carbonyl (C=O) groups is 1. The summed E-state index contributed by atoms with van der Waals surface area (Å²) in [5.74, 6) is 2.10. The number of piperidine rings is 1. The lowest BCUT2D eigenvalue weighted by Crippen LogP contribution is -2.39. The molecule has 1 N–H and O–H groups in total. The molecule has 0 radical (unpaired) electrons. The van der Waals surface area contributed by atoms with Crippen LogP contribution in [0.1, 0.15) is 24.6 Å². The van der Waals surface area contributed by atoms with Crippen molar-refractivity contribution in [3.63, 3.8) is 0 Å². The Morgan fingerprint density at radius 3 is 2.69 bits per heavy atom. The number of aromatic amines is 1. The average molecular weight is 500 g/mol. The van der Waals surface area contributed by atoms with Gasteiger partial charge in [-0.3, -0.25) is 18.6 Å². The Kier molecular flexibility index (Phi) is 5.80. The number of benzene rings is 2. The molecule has 6 rings (SSSR count). The maximum absolute atomic E-state index is 13.1. The monoisotopic (exact) mass is 499 g/mol. The summed E-state index contributed by atoms with van der Waals surface area (Å²) in [6.07, 6.45) is 3.42. The van der Waals surface area contributed by atoms with E-state index in [0.717, 1.165) is 35.2 Å². The van der Waals surface area contributed by atoms with Crippen LogP contribution in [0.2, 0.25) is 0 Å². The summed E-state index contributed by atoms with van der Waals surface area (Å²) >= 11 is 1.34. The van der Waals surface area contributed by atoms with Gasteiger partial charge in [-0.1, -0.05) is 42.1 Å². The van der Waals surface area contributed by atoms with Crippen LogP contribution in [-0.4, -0.2) is 58.8 Å². The van der Waals surface area contributed by atoms with Gasteiger partial charge in [0.25, 0.3) is 5.56 Å². The minimum absolute atomic E-state index is 0.0727. The fourth-order valence-corrected chi connectivity index (χ4v) is 5.75. The Morgan fingerprint density at radius 1 is 1.11 bits per heavy atom. The Hall–Kier alpha value is -3.92. The molecule has 3 aromatic heterocycles. The van der Waals surface area contributed by atoms with E-state index >= 15 is 0 Å². The topological polar surface area (TPSA) is 101 Å². The minimum atomic E-state index is -0.134. The summed E-state index contributed by atoms with van der Waals surface area (Å²) in [5.41, 5.74) is 2.62. The largest absolute Gasteiger partial charge is 0.342 e. The van der Waals surface area contributed by atoms with Gasteiger partial charge in [0.1, 0.15) is 5.82 Å². The molecule has 9 nitrogen and oxygen atoms in total. The molecule has 0 spiro atoms. The fraction of sp³-hybridized carbons (Fsp3) is 0.269. The molecule has 0 atom stereocenters. The lowest BCUT2D eigenvalue weighted by atomic mass is 9.96. The van der Waals surface area contributed by atoms with Crippen molar-refractivity contribution in [1.29, 1.82) is 0 Å².